The minimum atomic E-state index is 0.406. The molecule has 0 saturated carbocycles. The van der Waals surface area contributed by atoms with Crippen molar-refractivity contribution in [2.75, 3.05) is 0 Å². The molecule has 2 nitrogen and oxygen atoms in total. The van der Waals surface area contributed by atoms with Gasteiger partial charge in [0.15, 0.2) is 0 Å². The van der Waals surface area contributed by atoms with E-state index in [1.165, 1.54) is 5.57 Å². The molecular weight excluding hydrogens is 188 g/mol. The highest BCUT2D eigenvalue weighted by Gasteiger charge is 2.20. The average molecular weight is 196 g/mol. The molecule has 0 amide bonds. The lowest BCUT2D eigenvalue weighted by Crippen LogP contribution is -1.95. The van der Waals surface area contributed by atoms with Gasteiger partial charge in [-0.1, -0.05) is 21.6 Å². The van der Waals surface area contributed by atoms with E-state index < -0.39 is 0 Å². The fraction of sp³-hybridized carbons (Fsp3) is 0.250. The number of nitrogens with zero attached hydrogens (tertiary/aromatic N) is 2. The number of hydrogen-bond donors (Lipinski definition) is 0. The maximum atomic E-state index is 4.27. The van der Waals surface area contributed by atoms with Crippen LogP contribution in [0, 0.1) is 0 Å². The van der Waals surface area contributed by atoms with E-state index in [0.717, 1.165) is 5.69 Å². The molecule has 1 aliphatic heterocycles. The normalized spacial score (nSPS) is 22.4. The highest BCUT2D eigenvalue weighted by Crippen LogP contribution is 2.49. The van der Waals surface area contributed by atoms with Gasteiger partial charge >= 0.3 is 0 Å². The molecule has 4 heteroatoms. The molecule has 1 aliphatic rings. The van der Waals surface area contributed by atoms with Gasteiger partial charge in [0.05, 0.1) is 10.9 Å². The molecule has 62 valence electrons. The van der Waals surface area contributed by atoms with Gasteiger partial charge < -0.3 is 0 Å². The topological polar surface area (TPSA) is 25.8 Å². The van der Waals surface area contributed by atoms with Crippen molar-refractivity contribution in [1.82, 2.24) is 9.97 Å². The molecule has 0 bridgehead atoms. The molecule has 1 aromatic rings. The van der Waals surface area contributed by atoms with Gasteiger partial charge in [0.25, 0.3) is 0 Å². The zero-order valence-electron chi connectivity index (χ0n) is 6.60. The van der Waals surface area contributed by atoms with Gasteiger partial charge in [-0.3, -0.25) is 9.97 Å². The first-order valence-corrected chi connectivity index (χ1v) is 5.90. The second-order valence-corrected chi connectivity index (χ2v) is 4.81. The Morgan fingerprint density at radius 2 is 2.33 bits per heavy atom. The molecule has 0 saturated heterocycles. The summed E-state index contributed by atoms with van der Waals surface area (Å²) in [6.07, 6.45) is 5.28. The predicted molar refractivity (Wildman–Crippen MR) is 53.7 cm³/mol. The monoisotopic (exact) mass is 196 g/mol. The van der Waals surface area contributed by atoms with Crippen LogP contribution in [0.2, 0.25) is 0 Å². The molecule has 12 heavy (non-hydrogen) atoms. The third-order valence-electron chi connectivity index (χ3n) is 1.65. The van der Waals surface area contributed by atoms with Crippen LogP contribution in [-0.4, -0.2) is 9.97 Å². The van der Waals surface area contributed by atoms with Crippen LogP contribution in [0.15, 0.2) is 29.6 Å². The van der Waals surface area contributed by atoms with Gasteiger partial charge in [0, 0.05) is 18.6 Å². The molecule has 0 radical (unpaired) electrons. The Morgan fingerprint density at radius 3 is 2.92 bits per heavy atom. The Balaban J connectivity index is 2.27. The molecule has 0 spiro atoms. The average Bonchev–Trinajstić information content (AvgIpc) is 2.53. The summed E-state index contributed by atoms with van der Waals surface area (Å²) in [5.74, 6) is 0. The first-order chi connectivity index (χ1) is 5.88. The fourth-order valence-corrected chi connectivity index (χ4v) is 3.71. The van der Waals surface area contributed by atoms with E-state index in [1.807, 2.05) is 17.0 Å². The van der Waals surface area contributed by atoms with Crippen LogP contribution in [0.1, 0.15) is 17.9 Å². The molecule has 1 unspecified atom stereocenters. The Labute approximate surface area is 79.3 Å². The maximum absolute atomic E-state index is 4.27. The molecule has 0 aromatic carbocycles. The molecule has 0 N–H and O–H groups in total. The summed E-state index contributed by atoms with van der Waals surface area (Å²) in [6, 6.07) is 0. The molecule has 2 rings (SSSR count). The molecule has 2 heterocycles. The standard InChI is InChI=1S/C8H8N2S2/c1-6-5-11-12-8(6)7-4-9-2-3-10-7/h2-5,8H,1H3. The Hall–Kier alpha value is -0.480. The third kappa shape index (κ3) is 1.49. The Kier molecular flexibility index (Phi) is 2.37. The van der Waals surface area contributed by atoms with Crippen LogP contribution in [0.25, 0.3) is 0 Å². The lowest BCUT2D eigenvalue weighted by Gasteiger charge is -2.07. The Morgan fingerprint density at radius 1 is 1.42 bits per heavy atom. The van der Waals surface area contributed by atoms with Crippen LogP contribution in [-0.2, 0) is 0 Å². The molecule has 1 aromatic heterocycles. The first-order valence-electron chi connectivity index (χ1n) is 3.62. The summed E-state index contributed by atoms with van der Waals surface area (Å²) in [6.45, 7) is 2.13. The van der Waals surface area contributed by atoms with E-state index in [-0.39, 0.29) is 0 Å². The highest BCUT2D eigenvalue weighted by atomic mass is 33.1. The molecule has 0 fully saturated rings. The van der Waals surface area contributed by atoms with Gasteiger partial charge in [-0.25, -0.2) is 0 Å². The first kappa shape index (κ1) is 8.13. The number of rotatable bonds is 1. The summed E-state index contributed by atoms with van der Waals surface area (Å²) < 4.78 is 0. The molecular formula is C8H8N2S2. The minimum absolute atomic E-state index is 0.406. The zero-order valence-corrected chi connectivity index (χ0v) is 8.23. The van der Waals surface area contributed by atoms with E-state index >= 15 is 0 Å². The van der Waals surface area contributed by atoms with Crippen molar-refractivity contribution in [3.8, 4) is 0 Å². The zero-order chi connectivity index (χ0) is 8.39. The van der Waals surface area contributed by atoms with Crippen LogP contribution in [0.3, 0.4) is 0 Å². The van der Waals surface area contributed by atoms with Crippen molar-refractivity contribution in [1.29, 1.82) is 0 Å². The second kappa shape index (κ2) is 3.49. The Bertz CT molecular complexity index is 297. The van der Waals surface area contributed by atoms with Crippen LogP contribution in [0.4, 0.5) is 0 Å². The summed E-state index contributed by atoms with van der Waals surface area (Å²) >= 11 is 0. The summed E-state index contributed by atoms with van der Waals surface area (Å²) in [4.78, 5) is 8.33. The molecule has 1 atom stereocenters. The predicted octanol–water partition coefficient (Wildman–Crippen LogP) is 2.82. The van der Waals surface area contributed by atoms with E-state index in [1.54, 1.807) is 23.2 Å². The minimum Gasteiger partial charge on any atom is -0.261 e. The van der Waals surface area contributed by atoms with Gasteiger partial charge in [0.1, 0.15) is 0 Å². The highest BCUT2D eigenvalue weighted by molar-refractivity contribution is 8.78. The number of aromatic nitrogens is 2. The van der Waals surface area contributed by atoms with Gasteiger partial charge in [-0.2, -0.15) is 0 Å². The van der Waals surface area contributed by atoms with E-state index in [2.05, 4.69) is 22.3 Å². The SMILES string of the molecule is CC1=CSSC1c1cnccn1. The van der Waals surface area contributed by atoms with Crippen LogP contribution >= 0.6 is 21.6 Å². The second-order valence-electron chi connectivity index (χ2n) is 2.56. The summed E-state index contributed by atoms with van der Waals surface area (Å²) in [5.41, 5.74) is 2.42. The van der Waals surface area contributed by atoms with Crippen LogP contribution < -0.4 is 0 Å². The van der Waals surface area contributed by atoms with Crippen LogP contribution in [0.5, 0.6) is 0 Å². The van der Waals surface area contributed by atoms with E-state index in [0.29, 0.717) is 5.25 Å². The van der Waals surface area contributed by atoms with Crippen molar-refractivity contribution < 1.29 is 0 Å². The molecule has 0 aliphatic carbocycles. The largest absolute Gasteiger partial charge is 0.261 e. The van der Waals surface area contributed by atoms with Gasteiger partial charge in [0.2, 0.25) is 0 Å². The van der Waals surface area contributed by atoms with Gasteiger partial charge in [-0.15, -0.1) is 0 Å². The number of hydrogen-bond acceptors (Lipinski definition) is 4. The third-order valence-corrected chi connectivity index (χ3v) is 4.24. The summed E-state index contributed by atoms with van der Waals surface area (Å²) in [5, 5.41) is 2.58. The maximum Gasteiger partial charge on any atom is 0.0807 e. The lowest BCUT2D eigenvalue weighted by atomic mass is 10.2. The van der Waals surface area contributed by atoms with Crippen molar-refractivity contribution in [2.24, 2.45) is 0 Å². The van der Waals surface area contributed by atoms with Crippen molar-refractivity contribution in [2.45, 2.75) is 12.2 Å². The van der Waals surface area contributed by atoms with Crippen molar-refractivity contribution >= 4 is 21.6 Å². The van der Waals surface area contributed by atoms with E-state index in [4.69, 9.17) is 0 Å². The van der Waals surface area contributed by atoms with Gasteiger partial charge in [-0.05, 0) is 17.9 Å². The fourth-order valence-electron chi connectivity index (χ4n) is 1.03. The quantitative estimate of drug-likeness (QED) is 0.645. The summed E-state index contributed by atoms with van der Waals surface area (Å²) in [7, 11) is 3.60. The van der Waals surface area contributed by atoms with Crippen molar-refractivity contribution in [3.63, 3.8) is 0 Å². The lowest BCUT2D eigenvalue weighted by molar-refractivity contribution is 1.00. The van der Waals surface area contributed by atoms with E-state index in [9.17, 15) is 0 Å². The van der Waals surface area contributed by atoms with Crippen molar-refractivity contribution in [3.05, 3.63) is 35.3 Å². The smallest absolute Gasteiger partial charge is 0.0807 e.